The van der Waals surface area contributed by atoms with Crippen LogP contribution in [0.2, 0.25) is 0 Å². The van der Waals surface area contributed by atoms with Crippen molar-refractivity contribution in [2.24, 2.45) is 0 Å². The Labute approximate surface area is 116 Å². The van der Waals surface area contributed by atoms with Crippen molar-refractivity contribution in [3.8, 4) is 11.3 Å². The first-order chi connectivity index (χ1) is 9.65. The SMILES string of the molecule is C=CCc1ccc(=O)oc1-c1cccc(C(=O)OC)c1. The number of esters is 1. The molecule has 0 aliphatic rings. The fourth-order valence-corrected chi connectivity index (χ4v) is 1.91. The van der Waals surface area contributed by atoms with Gasteiger partial charge in [-0.15, -0.1) is 6.58 Å². The monoisotopic (exact) mass is 270 g/mol. The maximum atomic E-state index is 11.5. The normalized spacial score (nSPS) is 10.1. The maximum Gasteiger partial charge on any atom is 0.337 e. The van der Waals surface area contributed by atoms with Crippen LogP contribution in [0.15, 0.2) is 58.3 Å². The fourth-order valence-electron chi connectivity index (χ4n) is 1.91. The van der Waals surface area contributed by atoms with Crippen molar-refractivity contribution in [3.63, 3.8) is 0 Å². The predicted octanol–water partition coefficient (Wildman–Crippen LogP) is 2.82. The summed E-state index contributed by atoms with van der Waals surface area (Å²) in [6, 6.07) is 9.84. The number of methoxy groups -OCH3 is 1. The van der Waals surface area contributed by atoms with E-state index in [1.807, 2.05) is 0 Å². The molecule has 1 aromatic carbocycles. The molecule has 2 aromatic rings. The third-order valence-corrected chi connectivity index (χ3v) is 2.83. The van der Waals surface area contributed by atoms with Crippen molar-refractivity contribution in [3.05, 3.63) is 70.6 Å². The molecule has 0 saturated carbocycles. The smallest absolute Gasteiger partial charge is 0.337 e. The molecule has 0 N–H and O–H groups in total. The van der Waals surface area contributed by atoms with Crippen molar-refractivity contribution in [2.45, 2.75) is 6.42 Å². The Morgan fingerprint density at radius 1 is 1.35 bits per heavy atom. The van der Waals surface area contributed by atoms with Gasteiger partial charge in [0.25, 0.3) is 0 Å². The average Bonchev–Trinajstić information content (AvgIpc) is 2.48. The second-order valence-electron chi connectivity index (χ2n) is 4.17. The van der Waals surface area contributed by atoms with Gasteiger partial charge in [-0.3, -0.25) is 0 Å². The van der Waals surface area contributed by atoms with Crippen LogP contribution in [0, 0.1) is 0 Å². The van der Waals surface area contributed by atoms with Gasteiger partial charge >= 0.3 is 11.6 Å². The molecule has 0 bridgehead atoms. The molecule has 4 nitrogen and oxygen atoms in total. The van der Waals surface area contributed by atoms with E-state index in [1.54, 1.807) is 36.4 Å². The minimum Gasteiger partial charge on any atom is -0.465 e. The number of allylic oxidation sites excluding steroid dienone is 1. The van der Waals surface area contributed by atoms with Crippen LogP contribution in [0.1, 0.15) is 15.9 Å². The van der Waals surface area contributed by atoms with E-state index in [2.05, 4.69) is 11.3 Å². The highest BCUT2D eigenvalue weighted by Crippen LogP contribution is 2.24. The van der Waals surface area contributed by atoms with E-state index in [9.17, 15) is 9.59 Å². The van der Waals surface area contributed by atoms with Gasteiger partial charge < -0.3 is 9.15 Å². The largest absolute Gasteiger partial charge is 0.465 e. The Kier molecular flexibility index (Phi) is 4.15. The molecule has 20 heavy (non-hydrogen) atoms. The highest BCUT2D eigenvalue weighted by molar-refractivity contribution is 5.90. The van der Waals surface area contributed by atoms with E-state index in [0.717, 1.165) is 5.56 Å². The summed E-state index contributed by atoms with van der Waals surface area (Å²) >= 11 is 0. The third kappa shape index (κ3) is 2.85. The van der Waals surface area contributed by atoms with Crippen molar-refractivity contribution in [2.75, 3.05) is 7.11 Å². The third-order valence-electron chi connectivity index (χ3n) is 2.83. The quantitative estimate of drug-likeness (QED) is 0.633. The summed E-state index contributed by atoms with van der Waals surface area (Å²) in [7, 11) is 1.32. The number of ether oxygens (including phenoxy) is 1. The minimum absolute atomic E-state index is 0.404. The first kappa shape index (κ1) is 13.8. The second kappa shape index (κ2) is 6.02. The van der Waals surface area contributed by atoms with Crippen LogP contribution in [-0.4, -0.2) is 13.1 Å². The Morgan fingerprint density at radius 2 is 2.15 bits per heavy atom. The molecular weight excluding hydrogens is 256 g/mol. The lowest BCUT2D eigenvalue weighted by molar-refractivity contribution is 0.0601. The van der Waals surface area contributed by atoms with E-state index in [1.165, 1.54) is 13.2 Å². The lowest BCUT2D eigenvalue weighted by Gasteiger charge is -2.07. The summed E-state index contributed by atoms with van der Waals surface area (Å²) in [5.74, 6) is 0.0125. The molecule has 4 heteroatoms. The van der Waals surface area contributed by atoms with E-state index in [-0.39, 0.29) is 0 Å². The van der Waals surface area contributed by atoms with E-state index in [0.29, 0.717) is 23.3 Å². The van der Waals surface area contributed by atoms with Crippen LogP contribution >= 0.6 is 0 Å². The molecule has 1 aromatic heterocycles. The first-order valence-electron chi connectivity index (χ1n) is 6.08. The van der Waals surface area contributed by atoms with Crippen molar-refractivity contribution in [1.82, 2.24) is 0 Å². The van der Waals surface area contributed by atoms with Gasteiger partial charge in [0.2, 0.25) is 0 Å². The average molecular weight is 270 g/mol. The van der Waals surface area contributed by atoms with Gasteiger partial charge in [0.1, 0.15) is 5.76 Å². The van der Waals surface area contributed by atoms with E-state index >= 15 is 0 Å². The van der Waals surface area contributed by atoms with Crippen molar-refractivity contribution in [1.29, 1.82) is 0 Å². The number of benzene rings is 1. The zero-order valence-electron chi connectivity index (χ0n) is 11.1. The molecule has 0 amide bonds. The fraction of sp³-hybridized carbons (Fsp3) is 0.125. The van der Waals surface area contributed by atoms with Crippen molar-refractivity contribution >= 4 is 5.97 Å². The van der Waals surface area contributed by atoms with Crippen molar-refractivity contribution < 1.29 is 13.9 Å². The molecule has 102 valence electrons. The van der Waals surface area contributed by atoms with Crippen LogP contribution in [0.4, 0.5) is 0 Å². The summed E-state index contributed by atoms with van der Waals surface area (Å²) in [5, 5.41) is 0. The van der Waals surface area contributed by atoms with Gasteiger partial charge in [-0.05, 0) is 30.2 Å². The van der Waals surface area contributed by atoms with Crippen LogP contribution in [0.3, 0.4) is 0 Å². The number of rotatable bonds is 4. The molecule has 0 aliphatic heterocycles. The Morgan fingerprint density at radius 3 is 2.85 bits per heavy atom. The topological polar surface area (TPSA) is 56.5 Å². The lowest BCUT2D eigenvalue weighted by Crippen LogP contribution is -2.03. The Balaban J connectivity index is 2.55. The molecule has 0 saturated heterocycles. The predicted molar refractivity (Wildman–Crippen MR) is 75.7 cm³/mol. The molecule has 1 heterocycles. The molecule has 0 atom stereocenters. The standard InChI is InChI=1S/C16H14O4/c1-3-5-11-8-9-14(17)20-15(11)12-6-4-7-13(10-12)16(18)19-2/h3-4,6-10H,1,5H2,2H3. The maximum absolute atomic E-state index is 11.5. The van der Waals surface area contributed by atoms with Gasteiger partial charge in [0, 0.05) is 11.6 Å². The number of hydrogen-bond acceptors (Lipinski definition) is 4. The summed E-state index contributed by atoms with van der Waals surface area (Å²) in [6.45, 7) is 3.68. The first-order valence-corrected chi connectivity index (χ1v) is 6.08. The van der Waals surface area contributed by atoms with Gasteiger partial charge in [-0.1, -0.05) is 18.2 Å². The molecule has 0 spiro atoms. The number of carbonyl (C=O) groups is 1. The van der Waals surface area contributed by atoms with E-state index in [4.69, 9.17) is 4.42 Å². The highest BCUT2D eigenvalue weighted by Gasteiger charge is 2.11. The Hall–Kier alpha value is -2.62. The minimum atomic E-state index is -0.435. The lowest BCUT2D eigenvalue weighted by atomic mass is 10.0. The Bertz CT molecular complexity index is 698. The summed E-state index contributed by atoms with van der Waals surface area (Å²) in [5.41, 5.74) is 1.46. The zero-order valence-corrected chi connectivity index (χ0v) is 11.1. The number of carbonyl (C=O) groups excluding carboxylic acids is 1. The molecule has 0 fully saturated rings. The van der Waals surface area contributed by atoms with Crippen LogP contribution < -0.4 is 5.63 Å². The molecule has 0 radical (unpaired) electrons. The van der Waals surface area contributed by atoms with Gasteiger partial charge in [0.15, 0.2) is 0 Å². The second-order valence-corrected chi connectivity index (χ2v) is 4.17. The summed E-state index contributed by atoms with van der Waals surface area (Å²) in [6.07, 6.45) is 2.30. The van der Waals surface area contributed by atoms with Gasteiger partial charge in [-0.2, -0.15) is 0 Å². The molecule has 2 rings (SSSR count). The number of hydrogen-bond donors (Lipinski definition) is 0. The summed E-state index contributed by atoms with van der Waals surface area (Å²) in [4.78, 5) is 23.0. The van der Waals surface area contributed by atoms with E-state index < -0.39 is 11.6 Å². The zero-order chi connectivity index (χ0) is 14.5. The molecule has 0 aliphatic carbocycles. The van der Waals surface area contributed by atoms with Crippen LogP contribution in [0.25, 0.3) is 11.3 Å². The summed E-state index contributed by atoms with van der Waals surface area (Å²) < 4.78 is 9.94. The van der Waals surface area contributed by atoms with Gasteiger partial charge in [0.05, 0.1) is 12.7 Å². The van der Waals surface area contributed by atoms with Gasteiger partial charge in [-0.25, -0.2) is 9.59 Å². The van der Waals surface area contributed by atoms with Crippen LogP contribution in [0.5, 0.6) is 0 Å². The van der Waals surface area contributed by atoms with Crippen LogP contribution in [-0.2, 0) is 11.2 Å². The molecule has 0 unspecified atom stereocenters. The highest BCUT2D eigenvalue weighted by atomic mass is 16.5. The molecular formula is C16H14O4.